The number of hydrogen-bond acceptors (Lipinski definition) is 2. The molecule has 0 heterocycles. The number of rotatable bonds is 5. The number of amides is 1. The molecule has 3 N–H and O–H groups in total. The molecule has 1 amide bonds. The van der Waals surface area contributed by atoms with Crippen LogP contribution in [0.5, 0.6) is 0 Å². The maximum Gasteiger partial charge on any atom is 0.254 e. The second-order valence-electron chi connectivity index (χ2n) is 5.44. The van der Waals surface area contributed by atoms with E-state index in [-0.39, 0.29) is 5.56 Å². The standard InChI is InChI=1S/C14H20BrFN2O/c1-9(2)7-14(3,8-17)18-13(19)11-5-4-10(15)6-12(11)16/h4-6,9H,7-8,17H2,1-3H3,(H,18,19). The fourth-order valence-corrected chi connectivity index (χ4v) is 2.43. The van der Waals surface area contributed by atoms with Crippen LogP contribution in [-0.4, -0.2) is 18.0 Å². The SMILES string of the molecule is CC(C)CC(C)(CN)NC(=O)c1ccc(Br)cc1F. The Morgan fingerprint density at radius 1 is 1.53 bits per heavy atom. The number of benzene rings is 1. The van der Waals surface area contributed by atoms with Crippen LogP contribution in [0.2, 0.25) is 0 Å². The summed E-state index contributed by atoms with van der Waals surface area (Å²) in [4.78, 5) is 12.1. The summed E-state index contributed by atoms with van der Waals surface area (Å²) in [6.45, 7) is 6.30. The van der Waals surface area contributed by atoms with Gasteiger partial charge in [-0.15, -0.1) is 0 Å². The largest absolute Gasteiger partial charge is 0.346 e. The van der Waals surface area contributed by atoms with Crippen molar-refractivity contribution in [3.8, 4) is 0 Å². The Bertz CT molecular complexity index is 465. The van der Waals surface area contributed by atoms with E-state index < -0.39 is 17.3 Å². The Morgan fingerprint density at radius 3 is 2.63 bits per heavy atom. The first-order chi connectivity index (χ1) is 8.77. The van der Waals surface area contributed by atoms with Gasteiger partial charge >= 0.3 is 0 Å². The van der Waals surface area contributed by atoms with Crippen molar-refractivity contribution >= 4 is 21.8 Å². The van der Waals surface area contributed by atoms with Crippen LogP contribution in [-0.2, 0) is 0 Å². The maximum atomic E-state index is 13.7. The minimum Gasteiger partial charge on any atom is -0.346 e. The van der Waals surface area contributed by atoms with Crippen molar-refractivity contribution in [2.24, 2.45) is 11.7 Å². The van der Waals surface area contributed by atoms with Crippen molar-refractivity contribution in [2.45, 2.75) is 32.7 Å². The van der Waals surface area contributed by atoms with Crippen molar-refractivity contribution in [3.63, 3.8) is 0 Å². The molecule has 0 fully saturated rings. The summed E-state index contributed by atoms with van der Waals surface area (Å²) in [5, 5.41) is 2.83. The quantitative estimate of drug-likeness (QED) is 0.871. The van der Waals surface area contributed by atoms with Gasteiger partial charge in [-0.3, -0.25) is 4.79 Å². The second kappa shape index (κ2) is 6.48. The third kappa shape index (κ3) is 4.58. The molecular formula is C14H20BrFN2O. The van der Waals surface area contributed by atoms with E-state index in [9.17, 15) is 9.18 Å². The molecule has 0 bridgehead atoms. The maximum absolute atomic E-state index is 13.7. The van der Waals surface area contributed by atoms with E-state index in [4.69, 9.17) is 5.73 Å². The Hall–Kier alpha value is -0.940. The molecule has 1 aromatic rings. The summed E-state index contributed by atoms with van der Waals surface area (Å²) in [5.74, 6) is -0.585. The van der Waals surface area contributed by atoms with Gasteiger partial charge in [0.1, 0.15) is 5.82 Å². The van der Waals surface area contributed by atoms with Gasteiger partial charge in [0.15, 0.2) is 0 Å². The van der Waals surface area contributed by atoms with Crippen LogP contribution in [0.4, 0.5) is 4.39 Å². The molecular weight excluding hydrogens is 311 g/mol. The zero-order chi connectivity index (χ0) is 14.6. The van der Waals surface area contributed by atoms with Crippen LogP contribution in [0.15, 0.2) is 22.7 Å². The van der Waals surface area contributed by atoms with Crippen molar-refractivity contribution in [2.75, 3.05) is 6.54 Å². The zero-order valence-corrected chi connectivity index (χ0v) is 13.1. The van der Waals surface area contributed by atoms with Gasteiger partial charge in [0.25, 0.3) is 5.91 Å². The van der Waals surface area contributed by atoms with Crippen LogP contribution in [0.1, 0.15) is 37.6 Å². The number of nitrogens with two attached hydrogens (primary N) is 1. The minimum atomic E-state index is -0.546. The third-order valence-corrected chi connectivity index (χ3v) is 3.39. The normalized spacial score (nSPS) is 14.3. The zero-order valence-electron chi connectivity index (χ0n) is 11.5. The first kappa shape index (κ1) is 16.1. The van der Waals surface area contributed by atoms with Crippen molar-refractivity contribution in [1.29, 1.82) is 0 Å². The smallest absolute Gasteiger partial charge is 0.254 e. The van der Waals surface area contributed by atoms with Gasteiger partial charge < -0.3 is 11.1 Å². The lowest BCUT2D eigenvalue weighted by molar-refractivity contribution is 0.0894. The van der Waals surface area contributed by atoms with E-state index in [1.54, 1.807) is 6.07 Å². The molecule has 0 saturated carbocycles. The first-order valence-corrected chi connectivity index (χ1v) is 7.04. The van der Waals surface area contributed by atoms with Gasteiger partial charge in [-0.2, -0.15) is 0 Å². The van der Waals surface area contributed by atoms with Gasteiger partial charge in [0.05, 0.1) is 5.56 Å². The van der Waals surface area contributed by atoms with E-state index in [1.165, 1.54) is 12.1 Å². The Balaban J connectivity index is 2.88. The highest BCUT2D eigenvalue weighted by Crippen LogP contribution is 2.19. The molecule has 0 aliphatic heterocycles. The first-order valence-electron chi connectivity index (χ1n) is 6.25. The fourth-order valence-electron chi connectivity index (χ4n) is 2.10. The topological polar surface area (TPSA) is 55.1 Å². The van der Waals surface area contributed by atoms with Gasteiger partial charge in [0.2, 0.25) is 0 Å². The van der Waals surface area contributed by atoms with E-state index in [0.29, 0.717) is 16.9 Å². The highest BCUT2D eigenvalue weighted by molar-refractivity contribution is 9.10. The number of halogens is 2. The van der Waals surface area contributed by atoms with Crippen molar-refractivity contribution in [1.82, 2.24) is 5.32 Å². The highest BCUT2D eigenvalue weighted by atomic mass is 79.9. The summed E-state index contributed by atoms with van der Waals surface area (Å²) >= 11 is 3.16. The van der Waals surface area contributed by atoms with Crippen molar-refractivity contribution in [3.05, 3.63) is 34.1 Å². The van der Waals surface area contributed by atoms with Crippen LogP contribution in [0.25, 0.3) is 0 Å². The lowest BCUT2D eigenvalue weighted by Gasteiger charge is -2.31. The molecule has 1 aromatic carbocycles. The van der Waals surface area contributed by atoms with Gasteiger partial charge in [-0.05, 0) is 37.5 Å². The lowest BCUT2D eigenvalue weighted by Crippen LogP contribution is -2.52. The Kier molecular flexibility index (Phi) is 5.50. The molecule has 0 aliphatic carbocycles. The molecule has 1 atom stereocenters. The molecule has 5 heteroatoms. The lowest BCUT2D eigenvalue weighted by atomic mass is 9.90. The molecule has 0 radical (unpaired) electrons. The average molecular weight is 331 g/mol. The minimum absolute atomic E-state index is 0.0339. The van der Waals surface area contributed by atoms with Crippen LogP contribution in [0.3, 0.4) is 0 Å². The number of hydrogen-bond donors (Lipinski definition) is 2. The van der Waals surface area contributed by atoms with Gasteiger partial charge in [-0.25, -0.2) is 4.39 Å². The van der Waals surface area contributed by atoms with E-state index in [0.717, 1.165) is 6.42 Å². The molecule has 3 nitrogen and oxygen atoms in total. The molecule has 0 aromatic heterocycles. The summed E-state index contributed by atoms with van der Waals surface area (Å²) in [7, 11) is 0. The molecule has 0 saturated heterocycles. The monoisotopic (exact) mass is 330 g/mol. The summed E-state index contributed by atoms with van der Waals surface area (Å²) in [5.41, 5.74) is 5.24. The number of nitrogens with one attached hydrogen (secondary N) is 1. The summed E-state index contributed by atoms with van der Waals surface area (Å²) in [6, 6.07) is 4.37. The van der Waals surface area contributed by atoms with Gasteiger partial charge in [0, 0.05) is 16.6 Å². The van der Waals surface area contributed by atoms with E-state index >= 15 is 0 Å². The van der Waals surface area contributed by atoms with Crippen molar-refractivity contribution < 1.29 is 9.18 Å². The van der Waals surface area contributed by atoms with Crippen LogP contribution in [0, 0.1) is 11.7 Å². The molecule has 1 rings (SSSR count). The second-order valence-corrected chi connectivity index (χ2v) is 6.36. The molecule has 106 valence electrons. The fraction of sp³-hybridized carbons (Fsp3) is 0.500. The molecule has 19 heavy (non-hydrogen) atoms. The summed E-state index contributed by atoms with van der Waals surface area (Å²) in [6.07, 6.45) is 0.743. The van der Waals surface area contributed by atoms with Gasteiger partial charge in [-0.1, -0.05) is 29.8 Å². The average Bonchev–Trinajstić information content (AvgIpc) is 2.27. The summed E-state index contributed by atoms with van der Waals surface area (Å²) < 4.78 is 14.3. The third-order valence-electron chi connectivity index (χ3n) is 2.90. The highest BCUT2D eigenvalue weighted by Gasteiger charge is 2.27. The molecule has 1 unspecified atom stereocenters. The number of carbonyl (C=O) groups excluding carboxylic acids is 1. The predicted molar refractivity (Wildman–Crippen MR) is 78.5 cm³/mol. The molecule has 0 spiro atoms. The Morgan fingerprint density at radius 2 is 2.16 bits per heavy atom. The number of carbonyl (C=O) groups is 1. The van der Waals surface area contributed by atoms with E-state index in [2.05, 4.69) is 35.1 Å². The van der Waals surface area contributed by atoms with E-state index in [1.807, 2.05) is 6.92 Å². The van der Waals surface area contributed by atoms with Crippen LogP contribution >= 0.6 is 15.9 Å². The predicted octanol–water partition coefficient (Wildman–Crippen LogP) is 3.08. The Labute approximate surface area is 121 Å². The van der Waals surface area contributed by atoms with Crippen LogP contribution < -0.4 is 11.1 Å². The molecule has 0 aliphatic rings.